The summed E-state index contributed by atoms with van der Waals surface area (Å²) in [4.78, 5) is 21.0. The fourth-order valence-corrected chi connectivity index (χ4v) is 0.800. The molecule has 0 aliphatic heterocycles. The van der Waals surface area contributed by atoms with Crippen molar-refractivity contribution >= 4 is 11.8 Å². The minimum Gasteiger partial charge on any atom is -0.481 e. The minimum atomic E-state index is -0.708. The first-order chi connectivity index (χ1) is 7.64. The van der Waals surface area contributed by atoms with Crippen LogP contribution in [0.25, 0.3) is 0 Å². The molecule has 100 valence electrons. The zero-order chi connectivity index (χ0) is 14.2. The summed E-state index contributed by atoms with van der Waals surface area (Å²) in [7, 11) is 0. The molecule has 0 radical (unpaired) electrons. The van der Waals surface area contributed by atoms with Gasteiger partial charge in [-0.3, -0.25) is 9.59 Å². The van der Waals surface area contributed by atoms with Crippen molar-refractivity contribution in [2.75, 3.05) is 0 Å². The van der Waals surface area contributed by atoms with Crippen molar-refractivity contribution in [3.05, 3.63) is 12.7 Å². The summed E-state index contributed by atoms with van der Waals surface area (Å²) >= 11 is 0. The van der Waals surface area contributed by atoms with Gasteiger partial charge < -0.3 is 5.11 Å². The molecule has 0 aromatic heterocycles. The van der Waals surface area contributed by atoms with Crippen molar-refractivity contribution < 1.29 is 14.7 Å². The monoisotopic (exact) mass is 242 g/mol. The summed E-state index contributed by atoms with van der Waals surface area (Å²) in [6, 6.07) is 0. The van der Waals surface area contributed by atoms with Crippen LogP contribution in [0, 0.1) is 23.7 Å². The van der Waals surface area contributed by atoms with Crippen LogP contribution in [-0.4, -0.2) is 16.9 Å². The predicted molar refractivity (Wildman–Crippen MR) is 70.8 cm³/mol. The molecule has 0 unspecified atom stereocenters. The first-order valence-electron chi connectivity index (χ1n) is 6.04. The Hall–Kier alpha value is -1.12. The summed E-state index contributed by atoms with van der Waals surface area (Å²) in [5.41, 5.74) is 0. The Morgan fingerprint density at radius 3 is 1.35 bits per heavy atom. The number of hydrogen-bond donors (Lipinski definition) is 1. The number of allylic oxidation sites excluding steroid dienone is 1. The smallest absolute Gasteiger partial charge is 0.306 e. The van der Waals surface area contributed by atoms with E-state index in [-0.39, 0.29) is 23.5 Å². The van der Waals surface area contributed by atoms with Gasteiger partial charge in [0.05, 0.1) is 5.92 Å². The van der Waals surface area contributed by atoms with Crippen molar-refractivity contribution in [2.24, 2.45) is 23.7 Å². The molecule has 0 heterocycles. The molecule has 0 saturated heterocycles. The molecular formula is C14H26O3. The van der Waals surface area contributed by atoms with Crippen LogP contribution in [0.3, 0.4) is 0 Å². The van der Waals surface area contributed by atoms with E-state index in [1.165, 1.54) is 6.08 Å². The Kier molecular flexibility index (Phi) is 9.63. The molecule has 1 N–H and O–H groups in total. The van der Waals surface area contributed by atoms with E-state index in [1.807, 2.05) is 34.6 Å². The SMILES string of the molecule is C=CC(=O)[C@H](C)C(C)C.CC(C)[C@@H](C)C(=O)O. The highest BCUT2D eigenvalue weighted by Crippen LogP contribution is 2.10. The van der Waals surface area contributed by atoms with E-state index >= 15 is 0 Å². The van der Waals surface area contributed by atoms with Gasteiger partial charge in [0.25, 0.3) is 0 Å². The second-order valence-corrected chi connectivity index (χ2v) is 5.01. The van der Waals surface area contributed by atoms with Crippen molar-refractivity contribution in [1.29, 1.82) is 0 Å². The Balaban J connectivity index is 0. The molecule has 0 aliphatic rings. The second kappa shape index (κ2) is 8.97. The number of rotatable bonds is 5. The minimum absolute atomic E-state index is 0.127. The lowest BCUT2D eigenvalue weighted by Crippen LogP contribution is -2.15. The normalized spacial score (nSPS) is 13.6. The summed E-state index contributed by atoms with van der Waals surface area (Å²) in [6.07, 6.45) is 1.39. The highest BCUT2D eigenvalue weighted by atomic mass is 16.4. The number of ketones is 1. The quantitative estimate of drug-likeness (QED) is 0.752. The maximum Gasteiger partial charge on any atom is 0.306 e. The van der Waals surface area contributed by atoms with Crippen LogP contribution in [0.15, 0.2) is 12.7 Å². The molecule has 0 saturated carbocycles. The molecule has 17 heavy (non-hydrogen) atoms. The molecule has 0 amide bonds. The third-order valence-electron chi connectivity index (χ3n) is 3.04. The number of carbonyl (C=O) groups excluding carboxylic acids is 1. The van der Waals surface area contributed by atoms with Gasteiger partial charge in [-0.1, -0.05) is 48.1 Å². The van der Waals surface area contributed by atoms with Gasteiger partial charge in [0.1, 0.15) is 0 Å². The van der Waals surface area contributed by atoms with Gasteiger partial charge in [-0.15, -0.1) is 0 Å². The van der Waals surface area contributed by atoms with Gasteiger partial charge in [-0.2, -0.15) is 0 Å². The topological polar surface area (TPSA) is 54.4 Å². The van der Waals surface area contributed by atoms with Crippen molar-refractivity contribution in [3.8, 4) is 0 Å². The molecule has 0 fully saturated rings. The zero-order valence-corrected chi connectivity index (χ0v) is 11.9. The fourth-order valence-electron chi connectivity index (χ4n) is 0.800. The number of carbonyl (C=O) groups is 2. The molecular weight excluding hydrogens is 216 g/mol. The average molecular weight is 242 g/mol. The maximum absolute atomic E-state index is 10.8. The average Bonchev–Trinajstić information content (AvgIpc) is 2.26. The number of hydrogen-bond acceptors (Lipinski definition) is 2. The standard InChI is InChI=1S/C8H14O.C6H12O2/c1-5-8(9)7(4)6(2)3;1-4(2)5(3)6(7)8/h5-7H,1H2,2-4H3;4-5H,1-3H3,(H,7,8)/t7-;5-/m11/s1. The largest absolute Gasteiger partial charge is 0.481 e. The molecule has 0 rings (SSSR count). The maximum atomic E-state index is 10.8. The van der Waals surface area contributed by atoms with Gasteiger partial charge in [0.2, 0.25) is 0 Å². The van der Waals surface area contributed by atoms with Gasteiger partial charge >= 0.3 is 5.97 Å². The van der Waals surface area contributed by atoms with Crippen molar-refractivity contribution in [3.63, 3.8) is 0 Å². The summed E-state index contributed by atoms with van der Waals surface area (Å²) in [6.45, 7) is 14.9. The molecule has 3 heteroatoms. The molecule has 0 aliphatic carbocycles. The molecule has 2 atom stereocenters. The van der Waals surface area contributed by atoms with E-state index in [1.54, 1.807) is 6.92 Å². The van der Waals surface area contributed by atoms with Gasteiger partial charge in [0.15, 0.2) is 5.78 Å². The zero-order valence-electron chi connectivity index (χ0n) is 11.9. The lowest BCUT2D eigenvalue weighted by Gasteiger charge is -2.10. The molecule has 0 aromatic carbocycles. The Labute approximate surface area is 105 Å². The molecule has 0 spiro atoms. The summed E-state index contributed by atoms with van der Waals surface area (Å²) in [5.74, 6) is 0.0190. The summed E-state index contributed by atoms with van der Waals surface area (Å²) in [5, 5.41) is 8.35. The van der Waals surface area contributed by atoms with Crippen molar-refractivity contribution in [2.45, 2.75) is 41.5 Å². The van der Waals surface area contributed by atoms with Crippen LogP contribution in [0.2, 0.25) is 0 Å². The third-order valence-corrected chi connectivity index (χ3v) is 3.04. The van der Waals surface area contributed by atoms with Crippen LogP contribution in [-0.2, 0) is 9.59 Å². The van der Waals surface area contributed by atoms with E-state index in [9.17, 15) is 9.59 Å². The van der Waals surface area contributed by atoms with Crippen LogP contribution in [0.4, 0.5) is 0 Å². The first kappa shape index (κ1) is 18.3. The van der Waals surface area contributed by atoms with Crippen LogP contribution in [0.5, 0.6) is 0 Å². The third kappa shape index (κ3) is 8.66. The highest BCUT2D eigenvalue weighted by Gasteiger charge is 2.13. The van der Waals surface area contributed by atoms with E-state index < -0.39 is 5.97 Å². The van der Waals surface area contributed by atoms with Gasteiger partial charge in [0, 0.05) is 5.92 Å². The molecule has 0 bridgehead atoms. The van der Waals surface area contributed by atoms with E-state index in [0.717, 1.165) is 0 Å². The number of aliphatic carboxylic acids is 1. The van der Waals surface area contributed by atoms with Crippen LogP contribution in [0.1, 0.15) is 41.5 Å². The van der Waals surface area contributed by atoms with Crippen LogP contribution < -0.4 is 0 Å². The molecule has 3 nitrogen and oxygen atoms in total. The summed E-state index contributed by atoms with van der Waals surface area (Å²) < 4.78 is 0. The van der Waals surface area contributed by atoms with Gasteiger partial charge in [-0.05, 0) is 17.9 Å². The highest BCUT2D eigenvalue weighted by molar-refractivity contribution is 5.91. The van der Waals surface area contributed by atoms with E-state index in [0.29, 0.717) is 5.92 Å². The fraction of sp³-hybridized carbons (Fsp3) is 0.714. The lowest BCUT2D eigenvalue weighted by atomic mass is 9.94. The number of carboxylic acid groups (broad SMARTS) is 1. The first-order valence-corrected chi connectivity index (χ1v) is 6.04. The lowest BCUT2D eigenvalue weighted by molar-refractivity contribution is -0.142. The van der Waals surface area contributed by atoms with Crippen molar-refractivity contribution in [1.82, 2.24) is 0 Å². The second-order valence-electron chi connectivity index (χ2n) is 5.01. The van der Waals surface area contributed by atoms with Gasteiger partial charge in [-0.25, -0.2) is 0 Å². The Bertz CT molecular complexity index is 254. The van der Waals surface area contributed by atoms with E-state index in [2.05, 4.69) is 6.58 Å². The Morgan fingerprint density at radius 1 is 0.941 bits per heavy atom. The molecule has 0 aromatic rings. The Morgan fingerprint density at radius 2 is 1.29 bits per heavy atom. The van der Waals surface area contributed by atoms with E-state index in [4.69, 9.17) is 5.11 Å². The predicted octanol–water partition coefficient (Wildman–Crippen LogP) is 3.40. The number of carboxylic acids is 1. The van der Waals surface area contributed by atoms with Crippen LogP contribution >= 0.6 is 0 Å².